The number of piperidine rings is 1. The maximum Gasteiger partial charge on any atom is 0.255 e. The standard InChI is InChI=1S/C26H29FN4O2/c1-30-18-23(26(33)28-17-21-5-3-2-4-6-21)24(29-30)15-20-11-13-31(14-12-20)25(32)16-19-7-9-22(27)10-8-19/h2-10,18,20H,11-17H2,1H3,(H,28,33). The highest BCUT2D eigenvalue weighted by Gasteiger charge is 2.25. The molecule has 2 aromatic carbocycles. The van der Waals surface area contributed by atoms with Gasteiger partial charge >= 0.3 is 0 Å². The van der Waals surface area contributed by atoms with Gasteiger partial charge in [0.25, 0.3) is 5.91 Å². The Balaban J connectivity index is 1.30. The lowest BCUT2D eigenvalue weighted by molar-refractivity contribution is -0.131. The molecule has 3 aromatic rings. The van der Waals surface area contributed by atoms with E-state index in [9.17, 15) is 14.0 Å². The molecule has 172 valence electrons. The second-order valence-electron chi connectivity index (χ2n) is 8.66. The van der Waals surface area contributed by atoms with Crippen molar-refractivity contribution >= 4 is 11.8 Å². The first-order chi connectivity index (χ1) is 16.0. The molecule has 7 heteroatoms. The van der Waals surface area contributed by atoms with Gasteiger partial charge in [0.05, 0.1) is 17.7 Å². The third-order valence-corrected chi connectivity index (χ3v) is 6.16. The van der Waals surface area contributed by atoms with Gasteiger partial charge in [-0.3, -0.25) is 14.3 Å². The summed E-state index contributed by atoms with van der Waals surface area (Å²) in [4.78, 5) is 27.3. The van der Waals surface area contributed by atoms with E-state index in [1.54, 1.807) is 23.0 Å². The molecular weight excluding hydrogens is 419 g/mol. The molecule has 0 saturated carbocycles. The van der Waals surface area contributed by atoms with Crippen molar-refractivity contribution in [2.45, 2.75) is 32.2 Å². The molecule has 1 aliphatic rings. The van der Waals surface area contributed by atoms with Crippen LogP contribution in [0.3, 0.4) is 0 Å². The predicted octanol–water partition coefficient (Wildman–Crippen LogP) is 3.51. The number of hydrogen-bond donors (Lipinski definition) is 1. The number of carbonyl (C=O) groups is 2. The number of aromatic nitrogens is 2. The molecule has 1 aromatic heterocycles. The summed E-state index contributed by atoms with van der Waals surface area (Å²) in [6.45, 7) is 1.85. The molecule has 0 atom stereocenters. The zero-order valence-corrected chi connectivity index (χ0v) is 18.8. The summed E-state index contributed by atoms with van der Waals surface area (Å²) in [5, 5.41) is 7.53. The Morgan fingerprint density at radius 3 is 2.42 bits per heavy atom. The topological polar surface area (TPSA) is 67.2 Å². The number of benzene rings is 2. The maximum absolute atomic E-state index is 13.1. The van der Waals surface area contributed by atoms with E-state index in [4.69, 9.17) is 0 Å². The molecule has 0 bridgehead atoms. The zero-order valence-electron chi connectivity index (χ0n) is 18.8. The van der Waals surface area contributed by atoms with E-state index >= 15 is 0 Å². The second kappa shape index (κ2) is 10.4. The van der Waals surface area contributed by atoms with Crippen LogP contribution in [0.2, 0.25) is 0 Å². The lowest BCUT2D eigenvalue weighted by Gasteiger charge is -2.32. The summed E-state index contributed by atoms with van der Waals surface area (Å²) >= 11 is 0. The van der Waals surface area contributed by atoms with Gasteiger partial charge in [-0.15, -0.1) is 0 Å². The summed E-state index contributed by atoms with van der Waals surface area (Å²) in [6, 6.07) is 15.9. The number of halogens is 1. The third-order valence-electron chi connectivity index (χ3n) is 6.16. The Bertz CT molecular complexity index is 1090. The Kier molecular flexibility index (Phi) is 7.17. The number of amides is 2. The molecule has 1 aliphatic heterocycles. The lowest BCUT2D eigenvalue weighted by atomic mass is 9.91. The summed E-state index contributed by atoms with van der Waals surface area (Å²) in [5.74, 6) is 0.0258. The molecule has 0 spiro atoms. The highest BCUT2D eigenvalue weighted by molar-refractivity contribution is 5.95. The molecule has 6 nitrogen and oxygen atoms in total. The van der Waals surface area contributed by atoms with Gasteiger partial charge in [-0.05, 0) is 48.4 Å². The highest BCUT2D eigenvalue weighted by Crippen LogP contribution is 2.23. The fourth-order valence-corrected chi connectivity index (χ4v) is 4.30. The van der Waals surface area contributed by atoms with E-state index in [0.717, 1.165) is 36.1 Å². The Labute approximate surface area is 193 Å². The summed E-state index contributed by atoms with van der Waals surface area (Å²) < 4.78 is 14.8. The molecule has 2 amide bonds. The first kappa shape index (κ1) is 22.7. The third kappa shape index (κ3) is 6.06. The Hall–Kier alpha value is -3.48. The fourth-order valence-electron chi connectivity index (χ4n) is 4.30. The van der Waals surface area contributed by atoms with E-state index < -0.39 is 0 Å². The highest BCUT2D eigenvalue weighted by atomic mass is 19.1. The van der Waals surface area contributed by atoms with Gasteiger partial charge in [0.1, 0.15) is 5.82 Å². The summed E-state index contributed by atoms with van der Waals surface area (Å²) in [7, 11) is 1.83. The van der Waals surface area contributed by atoms with Crippen molar-refractivity contribution in [2.24, 2.45) is 13.0 Å². The van der Waals surface area contributed by atoms with Crippen molar-refractivity contribution in [1.82, 2.24) is 20.0 Å². The summed E-state index contributed by atoms with van der Waals surface area (Å²) in [6.07, 6.45) is 4.52. The van der Waals surface area contributed by atoms with E-state index in [2.05, 4.69) is 10.4 Å². The SMILES string of the molecule is Cn1cc(C(=O)NCc2ccccc2)c(CC2CCN(C(=O)Cc3ccc(F)cc3)CC2)n1. The average molecular weight is 449 g/mol. The van der Waals surface area contributed by atoms with E-state index in [1.165, 1.54) is 12.1 Å². The summed E-state index contributed by atoms with van der Waals surface area (Å²) in [5.41, 5.74) is 3.29. The van der Waals surface area contributed by atoms with Crippen molar-refractivity contribution in [1.29, 1.82) is 0 Å². The average Bonchev–Trinajstić information content (AvgIpc) is 3.20. The quantitative estimate of drug-likeness (QED) is 0.602. The second-order valence-corrected chi connectivity index (χ2v) is 8.66. The number of hydrogen-bond acceptors (Lipinski definition) is 3. The van der Waals surface area contributed by atoms with Gasteiger partial charge in [0.2, 0.25) is 5.91 Å². The van der Waals surface area contributed by atoms with Gasteiger partial charge in [-0.1, -0.05) is 42.5 Å². The molecule has 1 fully saturated rings. The van der Waals surface area contributed by atoms with Crippen LogP contribution in [0.25, 0.3) is 0 Å². The fraction of sp³-hybridized carbons (Fsp3) is 0.346. The van der Waals surface area contributed by atoms with Crippen LogP contribution in [0.15, 0.2) is 60.8 Å². The Morgan fingerprint density at radius 2 is 1.73 bits per heavy atom. The van der Waals surface area contributed by atoms with Crippen LogP contribution >= 0.6 is 0 Å². The molecule has 4 rings (SSSR count). The van der Waals surface area contributed by atoms with Crippen molar-refractivity contribution < 1.29 is 14.0 Å². The first-order valence-electron chi connectivity index (χ1n) is 11.3. The van der Waals surface area contributed by atoms with Crippen LogP contribution in [-0.2, 0) is 31.2 Å². The van der Waals surface area contributed by atoms with Gasteiger partial charge in [0, 0.05) is 32.9 Å². The number of rotatable bonds is 7. The molecule has 33 heavy (non-hydrogen) atoms. The van der Waals surface area contributed by atoms with Crippen LogP contribution in [0.1, 0.15) is 40.0 Å². The number of aryl methyl sites for hydroxylation is 1. The number of carbonyl (C=O) groups excluding carboxylic acids is 2. The van der Waals surface area contributed by atoms with Crippen molar-refractivity contribution in [2.75, 3.05) is 13.1 Å². The molecule has 1 saturated heterocycles. The van der Waals surface area contributed by atoms with E-state index in [0.29, 0.717) is 31.1 Å². The first-order valence-corrected chi connectivity index (χ1v) is 11.3. The monoisotopic (exact) mass is 448 g/mol. The van der Waals surface area contributed by atoms with Crippen LogP contribution in [0.4, 0.5) is 4.39 Å². The zero-order chi connectivity index (χ0) is 23.2. The normalized spacial score (nSPS) is 14.3. The molecule has 0 radical (unpaired) electrons. The minimum absolute atomic E-state index is 0.0684. The van der Waals surface area contributed by atoms with Crippen molar-refractivity contribution in [3.63, 3.8) is 0 Å². The van der Waals surface area contributed by atoms with Gasteiger partial charge in [0.15, 0.2) is 0 Å². The van der Waals surface area contributed by atoms with Gasteiger partial charge < -0.3 is 10.2 Å². The Morgan fingerprint density at radius 1 is 1.03 bits per heavy atom. The lowest BCUT2D eigenvalue weighted by Crippen LogP contribution is -2.39. The molecule has 1 N–H and O–H groups in total. The maximum atomic E-state index is 13.1. The van der Waals surface area contributed by atoms with Gasteiger partial charge in [-0.2, -0.15) is 5.10 Å². The number of likely N-dealkylation sites (tertiary alicyclic amines) is 1. The van der Waals surface area contributed by atoms with Crippen LogP contribution in [-0.4, -0.2) is 39.6 Å². The van der Waals surface area contributed by atoms with Crippen LogP contribution in [0.5, 0.6) is 0 Å². The largest absolute Gasteiger partial charge is 0.348 e. The molecule has 0 unspecified atom stereocenters. The smallest absolute Gasteiger partial charge is 0.255 e. The van der Waals surface area contributed by atoms with E-state index in [-0.39, 0.29) is 24.1 Å². The molecular formula is C26H29FN4O2. The number of nitrogens with zero attached hydrogens (tertiary/aromatic N) is 3. The van der Waals surface area contributed by atoms with Crippen molar-refractivity contribution in [3.05, 3.63) is 89.0 Å². The molecule has 2 heterocycles. The predicted molar refractivity (Wildman–Crippen MR) is 124 cm³/mol. The molecule has 0 aliphatic carbocycles. The van der Waals surface area contributed by atoms with E-state index in [1.807, 2.05) is 42.3 Å². The van der Waals surface area contributed by atoms with Crippen LogP contribution < -0.4 is 5.32 Å². The minimum Gasteiger partial charge on any atom is -0.348 e. The minimum atomic E-state index is -0.297. The van der Waals surface area contributed by atoms with Crippen LogP contribution in [0, 0.1) is 11.7 Å². The number of nitrogens with one attached hydrogen (secondary N) is 1. The van der Waals surface area contributed by atoms with Crippen molar-refractivity contribution in [3.8, 4) is 0 Å². The van der Waals surface area contributed by atoms with Gasteiger partial charge in [-0.25, -0.2) is 4.39 Å².